The minimum Gasteiger partial charge on any atom is -0.696 e. The van der Waals surface area contributed by atoms with Crippen molar-refractivity contribution in [1.82, 2.24) is 0 Å². The van der Waals surface area contributed by atoms with Crippen LogP contribution in [0.5, 0.6) is 0 Å². The van der Waals surface area contributed by atoms with E-state index in [1.165, 1.54) is 27.0 Å². The van der Waals surface area contributed by atoms with Crippen molar-refractivity contribution in [3.05, 3.63) is 0 Å². The van der Waals surface area contributed by atoms with E-state index >= 15 is 0 Å². The summed E-state index contributed by atoms with van der Waals surface area (Å²) in [6, 6.07) is 0. The molecule has 16 heavy (non-hydrogen) atoms. The van der Waals surface area contributed by atoms with Crippen LogP contribution in [0.3, 0.4) is 0 Å². The molecule has 0 aliphatic carbocycles. The standard InChI is InChI=1S/5CHNS.W/c5*2-1-3;/h5*3H;/p-5. The Balaban J connectivity index is -0.0000000192. The van der Waals surface area contributed by atoms with Gasteiger partial charge in [0.1, 0.15) is 0 Å². The third-order valence-electron chi connectivity index (χ3n) is 0. The first-order valence-corrected chi connectivity index (χ1v) is 4.18. The minimum atomic E-state index is 0. The van der Waals surface area contributed by atoms with Crippen molar-refractivity contribution >= 4 is 63.1 Å². The Morgan fingerprint density at radius 1 is 0.438 bits per heavy atom. The fraction of sp³-hybridized carbons (Fsp3) is 0. The molecule has 0 aromatic carbocycles. The van der Waals surface area contributed by atoms with E-state index in [4.69, 9.17) is 26.3 Å². The topological polar surface area (TPSA) is 119 Å². The second-order valence-electron chi connectivity index (χ2n) is 0.456. The summed E-state index contributed by atoms with van der Waals surface area (Å²) in [5, 5.41) is 42.3. The van der Waals surface area contributed by atoms with E-state index in [1.807, 2.05) is 0 Å². The van der Waals surface area contributed by atoms with Crippen molar-refractivity contribution in [3.8, 4) is 27.0 Å². The summed E-state index contributed by atoms with van der Waals surface area (Å²) in [5.41, 5.74) is 0. The number of nitrogens with zero attached hydrogens (tertiary/aromatic N) is 5. The normalized spacial score (nSPS) is 2.19. The second-order valence-corrected chi connectivity index (χ2v) is 1.37. The zero-order valence-corrected chi connectivity index (χ0v) is 14.2. The van der Waals surface area contributed by atoms with Gasteiger partial charge >= 0.3 is 0 Å². The Kier molecular flexibility index (Phi) is 314. The molecule has 0 unspecified atom stereocenters. The van der Waals surface area contributed by atoms with Gasteiger partial charge in [-0.1, -0.05) is 27.0 Å². The zero-order chi connectivity index (χ0) is 13.5. The van der Waals surface area contributed by atoms with E-state index < -0.39 is 0 Å². The van der Waals surface area contributed by atoms with Crippen LogP contribution in [0.2, 0.25) is 0 Å². The predicted octanol–water partition coefficient (Wildman–Crippen LogP) is 0.0694. The summed E-state index contributed by atoms with van der Waals surface area (Å²) in [4.78, 5) is 0. The molecule has 0 amide bonds. The van der Waals surface area contributed by atoms with E-state index in [1.54, 1.807) is 0 Å². The first-order valence-electron chi connectivity index (χ1n) is 2.14. The first kappa shape index (κ1) is 36.2. The molecule has 0 aliphatic rings. The number of rotatable bonds is 0. The number of nitriles is 5. The monoisotopic (exact) mass is 474 g/mol. The molecule has 0 N–H and O–H groups in total. The molecule has 86 valence electrons. The molecule has 11 heteroatoms. The average molecular weight is 474 g/mol. The van der Waals surface area contributed by atoms with Crippen molar-refractivity contribution in [2.45, 2.75) is 0 Å². The van der Waals surface area contributed by atoms with Gasteiger partial charge < -0.3 is 63.1 Å². The van der Waals surface area contributed by atoms with E-state index in [-0.39, 0.29) is 21.1 Å². The number of thiocyanates is 5. The van der Waals surface area contributed by atoms with Gasteiger partial charge in [0.25, 0.3) is 0 Å². The Hall–Kier alpha value is -0.762. The van der Waals surface area contributed by atoms with Crippen molar-refractivity contribution < 1.29 is 21.1 Å². The summed E-state index contributed by atoms with van der Waals surface area (Å²) in [5.74, 6) is 0. The van der Waals surface area contributed by atoms with Crippen molar-refractivity contribution in [1.29, 1.82) is 26.3 Å². The summed E-state index contributed by atoms with van der Waals surface area (Å²) in [6.07, 6.45) is 0. The summed E-state index contributed by atoms with van der Waals surface area (Å²) in [7, 11) is 0. The van der Waals surface area contributed by atoms with Gasteiger partial charge in [0.15, 0.2) is 0 Å². The largest absolute Gasteiger partial charge is 0.696 e. The third-order valence-corrected chi connectivity index (χ3v) is 0. The maximum Gasteiger partial charge on any atom is 0 e. The van der Waals surface area contributed by atoms with Crippen LogP contribution < -0.4 is 0 Å². The van der Waals surface area contributed by atoms with Gasteiger partial charge in [0, 0.05) is 21.1 Å². The number of hydrogen-bond acceptors (Lipinski definition) is 10. The van der Waals surface area contributed by atoms with E-state index in [9.17, 15) is 0 Å². The van der Waals surface area contributed by atoms with Gasteiger partial charge in [-0.05, 0) is 0 Å². The van der Waals surface area contributed by atoms with Crippen LogP contribution in [0.4, 0.5) is 0 Å². The molecule has 5 nitrogen and oxygen atoms in total. The Morgan fingerprint density at radius 2 is 0.438 bits per heavy atom. The zero-order valence-electron chi connectivity index (χ0n) is 7.19. The fourth-order valence-corrected chi connectivity index (χ4v) is 0. The molecule has 0 aromatic rings. The summed E-state index contributed by atoms with van der Waals surface area (Å²) < 4.78 is 0. The van der Waals surface area contributed by atoms with Crippen LogP contribution in [0.25, 0.3) is 0 Å². The molecular formula is C5N5S5W-5. The number of hydrogen-bond donors (Lipinski definition) is 0. The summed E-state index contributed by atoms with van der Waals surface area (Å²) in [6.45, 7) is 0. The fourth-order valence-electron chi connectivity index (χ4n) is 0. The molecule has 0 aromatic heterocycles. The predicted molar refractivity (Wildman–Crippen MR) is 64.9 cm³/mol. The van der Waals surface area contributed by atoms with Crippen molar-refractivity contribution in [3.63, 3.8) is 0 Å². The smallest absolute Gasteiger partial charge is 0 e. The van der Waals surface area contributed by atoms with Gasteiger partial charge in [-0.15, -0.1) is 0 Å². The molecule has 0 rings (SSSR count). The van der Waals surface area contributed by atoms with Gasteiger partial charge in [-0.3, -0.25) is 0 Å². The van der Waals surface area contributed by atoms with Gasteiger partial charge in [-0.2, -0.15) is 0 Å². The van der Waals surface area contributed by atoms with E-state index in [0.29, 0.717) is 0 Å². The molecule has 0 heterocycles. The molecule has 0 atom stereocenters. The minimum absolute atomic E-state index is 0. The molecule has 0 aliphatic heterocycles. The van der Waals surface area contributed by atoms with E-state index in [0.717, 1.165) is 0 Å². The quantitative estimate of drug-likeness (QED) is 0.353. The van der Waals surface area contributed by atoms with Crippen LogP contribution >= 0.6 is 0 Å². The van der Waals surface area contributed by atoms with Gasteiger partial charge in [0.2, 0.25) is 0 Å². The van der Waals surface area contributed by atoms with Crippen LogP contribution in [0.15, 0.2) is 0 Å². The Labute approximate surface area is 136 Å². The molecule has 0 bridgehead atoms. The van der Waals surface area contributed by atoms with Gasteiger partial charge in [-0.25, -0.2) is 26.3 Å². The SMILES string of the molecule is N#C[S-].N#C[S-].N#C[S-].N#C[S-].N#C[S-].[W]. The Morgan fingerprint density at radius 3 is 0.438 bits per heavy atom. The van der Waals surface area contributed by atoms with Crippen LogP contribution in [0.1, 0.15) is 0 Å². The molecule has 0 saturated heterocycles. The van der Waals surface area contributed by atoms with Crippen LogP contribution in [0, 0.1) is 53.3 Å². The summed E-state index contributed by atoms with van der Waals surface area (Å²) >= 11 is 18.5. The van der Waals surface area contributed by atoms with E-state index in [2.05, 4.69) is 63.1 Å². The first-order chi connectivity index (χ1) is 7.07. The molecule has 0 fully saturated rings. The second kappa shape index (κ2) is 139. The van der Waals surface area contributed by atoms with Gasteiger partial charge in [0.05, 0.1) is 0 Å². The molecule has 0 spiro atoms. The Bertz CT molecular complexity index is 206. The maximum absolute atomic E-state index is 7.13. The molecule has 0 radical (unpaired) electrons. The maximum atomic E-state index is 7.13. The third kappa shape index (κ3) is 3420. The van der Waals surface area contributed by atoms with Crippen LogP contribution in [-0.2, 0) is 84.2 Å². The van der Waals surface area contributed by atoms with Crippen molar-refractivity contribution in [2.24, 2.45) is 0 Å². The van der Waals surface area contributed by atoms with Crippen LogP contribution in [-0.4, -0.2) is 0 Å². The molecular weight excluding hydrogens is 474 g/mol. The molecule has 0 saturated carbocycles. The average Bonchev–Trinajstić information content (AvgIpc) is 2.09. The van der Waals surface area contributed by atoms with Crippen molar-refractivity contribution in [2.75, 3.05) is 0 Å².